The fraction of sp³-hybridized carbons (Fsp3) is 0.389. The lowest BCUT2D eigenvalue weighted by Crippen LogP contribution is -2.38. The van der Waals surface area contributed by atoms with Crippen molar-refractivity contribution in [2.45, 2.75) is 20.0 Å². The third kappa shape index (κ3) is 5.70. The summed E-state index contributed by atoms with van der Waals surface area (Å²) < 4.78 is 2.15. The highest BCUT2D eigenvalue weighted by atomic mass is 15.2. The van der Waals surface area contributed by atoms with Crippen LogP contribution in [0.5, 0.6) is 0 Å². The molecule has 0 aliphatic heterocycles. The summed E-state index contributed by atoms with van der Waals surface area (Å²) in [4.78, 5) is 6.75. The first-order valence-corrected chi connectivity index (χ1v) is 8.08. The molecule has 2 rings (SSSR count). The second kappa shape index (κ2) is 8.88. The van der Waals surface area contributed by atoms with Crippen molar-refractivity contribution in [3.05, 3.63) is 54.4 Å². The standard InChI is InChI=1S/C18H27N5/c1-4-19-18(20-11-14-23-12-5-6-13-23)21-15-16-7-9-17(10-8-16)22(2)3/h5-10,12-13H,4,11,14-15H2,1-3H3,(H2,19,20,21). The highest BCUT2D eigenvalue weighted by Gasteiger charge is 1.99. The third-order valence-corrected chi connectivity index (χ3v) is 3.55. The molecule has 0 saturated heterocycles. The summed E-state index contributed by atoms with van der Waals surface area (Å²) in [5.41, 5.74) is 2.41. The van der Waals surface area contributed by atoms with Crippen molar-refractivity contribution in [1.82, 2.24) is 15.2 Å². The van der Waals surface area contributed by atoms with Crippen LogP contribution in [0.3, 0.4) is 0 Å². The van der Waals surface area contributed by atoms with E-state index in [2.05, 4.69) is 68.7 Å². The van der Waals surface area contributed by atoms with Crippen LogP contribution in [0.4, 0.5) is 5.69 Å². The molecule has 1 heterocycles. The SMILES string of the molecule is CCNC(=NCc1ccc(N(C)C)cc1)NCCn1cccc1. The summed E-state index contributed by atoms with van der Waals surface area (Å²) in [5.74, 6) is 0.858. The van der Waals surface area contributed by atoms with Gasteiger partial charge in [-0.25, -0.2) is 4.99 Å². The van der Waals surface area contributed by atoms with Crippen LogP contribution in [-0.4, -0.2) is 37.7 Å². The zero-order chi connectivity index (χ0) is 16.5. The second-order valence-corrected chi connectivity index (χ2v) is 5.60. The Labute approximate surface area is 139 Å². The lowest BCUT2D eigenvalue weighted by atomic mass is 10.2. The van der Waals surface area contributed by atoms with E-state index in [-0.39, 0.29) is 0 Å². The van der Waals surface area contributed by atoms with Gasteiger partial charge in [0, 0.05) is 51.8 Å². The normalized spacial score (nSPS) is 11.3. The van der Waals surface area contributed by atoms with E-state index >= 15 is 0 Å². The first kappa shape index (κ1) is 16.9. The van der Waals surface area contributed by atoms with Crippen LogP contribution in [0.1, 0.15) is 12.5 Å². The highest BCUT2D eigenvalue weighted by Crippen LogP contribution is 2.12. The van der Waals surface area contributed by atoms with Gasteiger partial charge in [-0.05, 0) is 36.8 Å². The first-order chi connectivity index (χ1) is 11.2. The number of rotatable bonds is 7. The molecular formula is C18H27N5. The molecule has 2 N–H and O–H groups in total. The molecule has 5 nitrogen and oxygen atoms in total. The van der Waals surface area contributed by atoms with Crippen LogP contribution in [0, 0.1) is 0 Å². The van der Waals surface area contributed by atoms with Crippen molar-refractivity contribution in [3.8, 4) is 0 Å². The Morgan fingerprint density at radius 3 is 2.39 bits per heavy atom. The molecular weight excluding hydrogens is 286 g/mol. The zero-order valence-corrected chi connectivity index (χ0v) is 14.3. The van der Waals surface area contributed by atoms with Gasteiger partial charge < -0.3 is 20.1 Å². The average Bonchev–Trinajstić information content (AvgIpc) is 3.06. The molecule has 0 atom stereocenters. The van der Waals surface area contributed by atoms with E-state index < -0.39 is 0 Å². The monoisotopic (exact) mass is 313 g/mol. The molecule has 0 amide bonds. The zero-order valence-electron chi connectivity index (χ0n) is 14.3. The van der Waals surface area contributed by atoms with Crippen molar-refractivity contribution in [1.29, 1.82) is 0 Å². The van der Waals surface area contributed by atoms with Crippen LogP contribution in [0.15, 0.2) is 53.8 Å². The highest BCUT2D eigenvalue weighted by molar-refractivity contribution is 5.79. The van der Waals surface area contributed by atoms with Crippen molar-refractivity contribution in [2.75, 3.05) is 32.1 Å². The molecule has 0 fully saturated rings. The van der Waals surface area contributed by atoms with Crippen LogP contribution < -0.4 is 15.5 Å². The fourth-order valence-corrected chi connectivity index (χ4v) is 2.23. The van der Waals surface area contributed by atoms with Crippen LogP contribution >= 0.6 is 0 Å². The number of hydrogen-bond acceptors (Lipinski definition) is 2. The smallest absolute Gasteiger partial charge is 0.191 e. The van der Waals surface area contributed by atoms with Gasteiger partial charge in [0.05, 0.1) is 6.54 Å². The Kier molecular flexibility index (Phi) is 6.54. The van der Waals surface area contributed by atoms with Gasteiger partial charge in [-0.15, -0.1) is 0 Å². The minimum Gasteiger partial charge on any atom is -0.378 e. The van der Waals surface area contributed by atoms with E-state index in [0.717, 1.165) is 25.6 Å². The summed E-state index contributed by atoms with van der Waals surface area (Å²) >= 11 is 0. The summed E-state index contributed by atoms with van der Waals surface area (Å²) in [6.45, 7) is 5.38. The lowest BCUT2D eigenvalue weighted by molar-refractivity contribution is 0.666. The number of benzene rings is 1. The van der Waals surface area contributed by atoms with Gasteiger partial charge >= 0.3 is 0 Å². The minimum atomic E-state index is 0.673. The lowest BCUT2D eigenvalue weighted by Gasteiger charge is -2.13. The Bertz CT molecular complexity index is 584. The number of anilines is 1. The molecule has 0 unspecified atom stereocenters. The Morgan fingerprint density at radius 2 is 1.78 bits per heavy atom. The maximum atomic E-state index is 4.65. The molecule has 0 spiro atoms. The van der Waals surface area contributed by atoms with E-state index in [1.807, 2.05) is 26.2 Å². The molecule has 0 radical (unpaired) electrons. The largest absolute Gasteiger partial charge is 0.378 e. The molecule has 0 saturated carbocycles. The maximum Gasteiger partial charge on any atom is 0.191 e. The molecule has 23 heavy (non-hydrogen) atoms. The average molecular weight is 313 g/mol. The Balaban J connectivity index is 1.87. The maximum absolute atomic E-state index is 4.65. The van der Waals surface area contributed by atoms with Crippen LogP contribution in [0.25, 0.3) is 0 Å². The Morgan fingerprint density at radius 1 is 1.09 bits per heavy atom. The number of nitrogens with zero attached hydrogens (tertiary/aromatic N) is 3. The molecule has 1 aromatic carbocycles. The van der Waals surface area contributed by atoms with Crippen molar-refractivity contribution in [2.24, 2.45) is 4.99 Å². The summed E-state index contributed by atoms with van der Waals surface area (Å²) in [6, 6.07) is 12.6. The number of hydrogen-bond donors (Lipinski definition) is 2. The number of aromatic nitrogens is 1. The molecule has 0 bridgehead atoms. The van der Waals surface area contributed by atoms with Gasteiger partial charge in [-0.2, -0.15) is 0 Å². The van der Waals surface area contributed by atoms with Crippen molar-refractivity contribution < 1.29 is 0 Å². The number of aliphatic imine (C=N–C) groups is 1. The molecule has 2 aromatic rings. The summed E-state index contributed by atoms with van der Waals surface area (Å²) in [5, 5.41) is 6.65. The topological polar surface area (TPSA) is 44.6 Å². The van der Waals surface area contributed by atoms with Crippen LogP contribution in [-0.2, 0) is 13.1 Å². The van der Waals surface area contributed by atoms with E-state index in [4.69, 9.17) is 0 Å². The van der Waals surface area contributed by atoms with E-state index in [0.29, 0.717) is 6.54 Å². The third-order valence-electron chi connectivity index (χ3n) is 3.55. The van der Waals surface area contributed by atoms with Gasteiger partial charge in [0.1, 0.15) is 0 Å². The minimum absolute atomic E-state index is 0.673. The fourth-order valence-electron chi connectivity index (χ4n) is 2.23. The predicted octanol–water partition coefficient (Wildman–Crippen LogP) is 2.31. The number of guanidine groups is 1. The predicted molar refractivity (Wildman–Crippen MR) is 98.0 cm³/mol. The molecule has 0 aliphatic carbocycles. The van der Waals surface area contributed by atoms with Gasteiger partial charge in [0.25, 0.3) is 0 Å². The van der Waals surface area contributed by atoms with E-state index in [1.165, 1.54) is 11.3 Å². The molecule has 1 aromatic heterocycles. The second-order valence-electron chi connectivity index (χ2n) is 5.60. The van der Waals surface area contributed by atoms with Gasteiger partial charge in [0.2, 0.25) is 0 Å². The first-order valence-electron chi connectivity index (χ1n) is 8.08. The van der Waals surface area contributed by atoms with Crippen LogP contribution in [0.2, 0.25) is 0 Å². The van der Waals surface area contributed by atoms with Gasteiger partial charge in [-0.3, -0.25) is 0 Å². The number of nitrogens with one attached hydrogen (secondary N) is 2. The summed E-state index contributed by atoms with van der Waals surface area (Å²) in [6.07, 6.45) is 4.14. The van der Waals surface area contributed by atoms with Crippen molar-refractivity contribution in [3.63, 3.8) is 0 Å². The summed E-state index contributed by atoms with van der Waals surface area (Å²) in [7, 11) is 4.09. The Hall–Kier alpha value is -2.43. The van der Waals surface area contributed by atoms with Crippen molar-refractivity contribution >= 4 is 11.6 Å². The quantitative estimate of drug-likeness (QED) is 0.609. The van der Waals surface area contributed by atoms with E-state index in [9.17, 15) is 0 Å². The van der Waals surface area contributed by atoms with Gasteiger partial charge in [0.15, 0.2) is 5.96 Å². The van der Waals surface area contributed by atoms with Gasteiger partial charge in [-0.1, -0.05) is 12.1 Å². The molecule has 124 valence electrons. The molecule has 5 heteroatoms. The molecule has 0 aliphatic rings. The van der Waals surface area contributed by atoms with E-state index in [1.54, 1.807) is 0 Å².